The average molecular weight is 385 g/mol. The van der Waals surface area contributed by atoms with Crippen molar-refractivity contribution in [1.29, 1.82) is 5.26 Å². The van der Waals surface area contributed by atoms with Crippen LogP contribution in [0, 0.1) is 17.1 Å². The Morgan fingerprint density at radius 1 is 1.22 bits per heavy atom. The smallest absolute Gasteiger partial charge is 0.431 e. The van der Waals surface area contributed by atoms with Gasteiger partial charge in [0.15, 0.2) is 0 Å². The maximum absolute atomic E-state index is 14.4. The van der Waals surface area contributed by atoms with Crippen molar-refractivity contribution in [2.45, 2.75) is 25.9 Å². The van der Waals surface area contributed by atoms with Crippen LogP contribution in [0.15, 0.2) is 27.8 Å². The number of halogens is 4. The first-order valence-corrected chi connectivity index (χ1v) is 7.88. The molecule has 10 heteroatoms. The molecule has 0 amide bonds. The summed E-state index contributed by atoms with van der Waals surface area (Å²) < 4.78 is 59.0. The lowest BCUT2D eigenvalue weighted by molar-refractivity contribution is -0.144. The van der Waals surface area contributed by atoms with Crippen molar-refractivity contribution >= 4 is 0 Å². The Bertz CT molecular complexity index is 1020. The van der Waals surface area contributed by atoms with Gasteiger partial charge in [-0.3, -0.25) is 9.36 Å². The second-order valence-corrected chi connectivity index (χ2v) is 5.66. The van der Waals surface area contributed by atoms with Crippen molar-refractivity contribution < 1.29 is 22.3 Å². The minimum atomic E-state index is -4.93. The van der Waals surface area contributed by atoms with Gasteiger partial charge in [0.2, 0.25) is 0 Å². The van der Waals surface area contributed by atoms with Gasteiger partial charge in [-0.15, -0.1) is 0 Å². The number of nitriles is 1. The van der Waals surface area contributed by atoms with Crippen LogP contribution in [0.1, 0.15) is 31.0 Å². The monoisotopic (exact) mass is 385 g/mol. The van der Waals surface area contributed by atoms with Crippen LogP contribution in [0.2, 0.25) is 0 Å². The number of benzene rings is 1. The third-order valence-electron chi connectivity index (χ3n) is 3.78. The number of hydrogen-bond acceptors (Lipinski definition) is 4. The van der Waals surface area contributed by atoms with Crippen molar-refractivity contribution in [3.8, 4) is 17.5 Å². The molecule has 2 rings (SSSR count). The molecule has 1 aromatic carbocycles. The highest BCUT2D eigenvalue weighted by molar-refractivity contribution is 5.51. The van der Waals surface area contributed by atoms with Crippen molar-refractivity contribution in [2.75, 3.05) is 6.61 Å². The highest BCUT2D eigenvalue weighted by Gasteiger charge is 2.35. The number of hydrogen-bond donors (Lipinski definition) is 0. The molecule has 0 fully saturated rings. The lowest BCUT2D eigenvalue weighted by Crippen LogP contribution is -2.41. The number of ether oxygens (including phenoxy) is 1. The standard InChI is InChI=1S/C17H15F4N3O3/c1-3-4-5-27-13-7-12(11(18)6-10(13)9-22)24-15(25)8-14(17(19,20)21)23(2)16(24)26/h6-8H,3-5H2,1-2H3. The van der Waals surface area contributed by atoms with Crippen LogP contribution >= 0.6 is 0 Å². The SMILES string of the molecule is CCCCOc1cc(-n2c(=O)cc(C(F)(F)F)n(C)c2=O)c(F)cc1C#N. The summed E-state index contributed by atoms with van der Waals surface area (Å²) in [4.78, 5) is 24.4. The Labute approximate surface area is 150 Å². The van der Waals surface area contributed by atoms with E-state index in [4.69, 9.17) is 10.00 Å². The Balaban J connectivity index is 2.70. The molecule has 0 aliphatic heterocycles. The van der Waals surface area contributed by atoms with E-state index in [0.717, 1.165) is 25.6 Å². The van der Waals surface area contributed by atoms with Crippen LogP contribution in [0.25, 0.3) is 5.69 Å². The highest BCUT2D eigenvalue weighted by Crippen LogP contribution is 2.28. The predicted octanol–water partition coefficient (Wildman–Crippen LogP) is 2.74. The predicted molar refractivity (Wildman–Crippen MR) is 87.4 cm³/mol. The minimum Gasteiger partial charge on any atom is -0.492 e. The van der Waals surface area contributed by atoms with E-state index in [1.165, 1.54) is 0 Å². The molecule has 1 heterocycles. The maximum atomic E-state index is 14.4. The molecule has 0 spiro atoms. The zero-order valence-corrected chi connectivity index (χ0v) is 14.4. The third kappa shape index (κ3) is 4.02. The lowest BCUT2D eigenvalue weighted by Gasteiger charge is -2.15. The molecule has 0 aliphatic carbocycles. The Kier molecular flexibility index (Phi) is 5.73. The quantitative estimate of drug-likeness (QED) is 0.586. The summed E-state index contributed by atoms with van der Waals surface area (Å²) in [6.45, 7) is 2.10. The molecule has 27 heavy (non-hydrogen) atoms. The summed E-state index contributed by atoms with van der Waals surface area (Å²) in [6.07, 6.45) is -3.50. The van der Waals surface area contributed by atoms with E-state index in [2.05, 4.69) is 0 Å². The van der Waals surface area contributed by atoms with Gasteiger partial charge in [-0.25, -0.2) is 13.8 Å². The minimum absolute atomic E-state index is 0.0730. The number of rotatable bonds is 5. The molecule has 0 radical (unpaired) electrons. The second kappa shape index (κ2) is 7.65. The lowest BCUT2D eigenvalue weighted by atomic mass is 10.2. The van der Waals surface area contributed by atoms with Gasteiger partial charge in [-0.1, -0.05) is 13.3 Å². The van der Waals surface area contributed by atoms with Crippen LogP contribution in [0.5, 0.6) is 5.75 Å². The van der Waals surface area contributed by atoms with Crippen LogP contribution < -0.4 is 16.0 Å². The molecular weight excluding hydrogens is 370 g/mol. The van der Waals surface area contributed by atoms with E-state index >= 15 is 0 Å². The maximum Gasteiger partial charge on any atom is 0.431 e. The van der Waals surface area contributed by atoms with E-state index < -0.39 is 34.6 Å². The number of unbranched alkanes of at least 4 members (excludes halogenated alkanes) is 1. The number of aromatic nitrogens is 2. The van der Waals surface area contributed by atoms with Crippen LogP contribution in [0.4, 0.5) is 17.6 Å². The van der Waals surface area contributed by atoms with Crippen molar-refractivity contribution in [3.05, 3.63) is 56.1 Å². The topological polar surface area (TPSA) is 77.0 Å². The molecule has 0 bridgehead atoms. The molecule has 0 saturated heterocycles. The van der Waals surface area contributed by atoms with Gasteiger partial charge in [0.25, 0.3) is 5.56 Å². The summed E-state index contributed by atoms with van der Waals surface area (Å²) in [5.74, 6) is -1.19. The zero-order valence-electron chi connectivity index (χ0n) is 14.4. The molecule has 0 unspecified atom stereocenters. The molecule has 0 atom stereocenters. The van der Waals surface area contributed by atoms with Gasteiger partial charge in [-0.2, -0.15) is 18.4 Å². The first-order valence-electron chi connectivity index (χ1n) is 7.88. The fourth-order valence-electron chi connectivity index (χ4n) is 2.37. The molecular formula is C17H15F4N3O3. The van der Waals surface area contributed by atoms with Crippen LogP contribution in [0.3, 0.4) is 0 Å². The fourth-order valence-corrected chi connectivity index (χ4v) is 2.37. The molecule has 0 aliphatic rings. The molecule has 0 saturated carbocycles. The first-order chi connectivity index (χ1) is 12.6. The third-order valence-corrected chi connectivity index (χ3v) is 3.78. The number of nitrogens with zero attached hydrogens (tertiary/aromatic N) is 3. The molecule has 0 N–H and O–H groups in total. The van der Waals surface area contributed by atoms with E-state index in [9.17, 15) is 27.2 Å². The van der Waals surface area contributed by atoms with Crippen LogP contribution in [-0.2, 0) is 13.2 Å². The summed E-state index contributed by atoms with van der Waals surface area (Å²) in [6, 6.07) is 3.65. The van der Waals surface area contributed by atoms with Gasteiger partial charge >= 0.3 is 11.9 Å². The van der Waals surface area contributed by atoms with Gasteiger partial charge in [0, 0.05) is 19.2 Å². The van der Waals surface area contributed by atoms with Gasteiger partial charge in [-0.05, 0) is 12.5 Å². The molecule has 2 aromatic rings. The largest absolute Gasteiger partial charge is 0.492 e. The van der Waals surface area contributed by atoms with E-state index in [-0.39, 0.29) is 33.1 Å². The number of alkyl halides is 3. The van der Waals surface area contributed by atoms with Gasteiger partial charge in [0.05, 0.1) is 17.9 Å². The Hall–Kier alpha value is -3.09. The Morgan fingerprint density at radius 2 is 1.89 bits per heavy atom. The second-order valence-electron chi connectivity index (χ2n) is 5.66. The van der Waals surface area contributed by atoms with E-state index in [1.54, 1.807) is 6.07 Å². The van der Waals surface area contributed by atoms with Crippen molar-refractivity contribution in [2.24, 2.45) is 7.05 Å². The van der Waals surface area contributed by atoms with E-state index in [0.29, 0.717) is 6.42 Å². The summed E-state index contributed by atoms with van der Waals surface area (Å²) in [7, 11) is 0.821. The van der Waals surface area contributed by atoms with Crippen LogP contribution in [-0.4, -0.2) is 15.7 Å². The van der Waals surface area contributed by atoms with E-state index in [1.807, 2.05) is 6.92 Å². The zero-order chi connectivity index (χ0) is 20.4. The van der Waals surface area contributed by atoms with Gasteiger partial charge < -0.3 is 4.74 Å². The Morgan fingerprint density at radius 3 is 2.44 bits per heavy atom. The molecule has 144 valence electrons. The summed E-state index contributed by atoms with van der Waals surface area (Å²) in [5, 5.41) is 9.08. The highest BCUT2D eigenvalue weighted by atomic mass is 19.4. The molecule has 6 nitrogen and oxygen atoms in total. The van der Waals surface area contributed by atoms with Gasteiger partial charge in [0.1, 0.15) is 23.3 Å². The van der Waals surface area contributed by atoms with Crippen molar-refractivity contribution in [3.63, 3.8) is 0 Å². The fraction of sp³-hybridized carbons (Fsp3) is 0.353. The normalized spacial score (nSPS) is 11.3. The van der Waals surface area contributed by atoms with Crippen molar-refractivity contribution in [1.82, 2.24) is 9.13 Å². The molecule has 1 aromatic heterocycles. The summed E-state index contributed by atoms with van der Waals surface area (Å²) >= 11 is 0. The average Bonchev–Trinajstić information content (AvgIpc) is 2.59. The summed E-state index contributed by atoms with van der Waals surface area (Å²) in [5.41, 5.74) is -4.95. The first kappa shape index (κ1) is 20.2.